The molecule has 2 aromatic rings. The van der Waals surface area contributed by atoms with Crippen LogP contribution in [0.15, 0.2) is 52.3 Å². The van der Waals surface area contributed by atoms with Crippen LogP contribution in [-0.4, -0.2) is 7.11 Å². The van der Waals surface area contributed by atoms with Gasteiger partial charge in [-0.3, -0.25) is 0 Å². The van der Waals surface area contributed by atoms with Crippen molar-refractivity contribution in [2.45, 2.75) is 9.79 Å². The van der Waals surface area contributed by atoms with E-state index >= 15 is 0 Å². The van der Waals surface area contributed by atoms with Crippen LogP contribution in [0.5, 0.6) is 5.75 Å². The van der Waals surface area contributed by atoms with Gasteiger partial charge in [-0.2, -0.15) is 5.26 Å². The van der Waals surface area contributed by atoms with Crippen LogP contribution < -0.4 is 10.5 Å². The molecular formula is C14H12N2OS. The molecule has 2 aromatic carbocycles. The molecule has 4 heteroatoms. The summed E-state index contributed by atoms with van der Waals surface area (Å²) in [5.74, 6) is 0.801. The maximum absolute atomic E-state index is 8.88. The second kappa shape index (κ2) is 5.48. The number of anilines is 1. The molecule has 2 rings (SSSR count). The van der Waals surface area contributed by atoms with Crippen molar-refractivity contribution in [1.82, 2.24) is 0 Å². The van der Waals surface area contributed by atoms with Crippen molar-refractivity contribution in [2.75, 3.05) is 12.8 Å². The van der Waals surface area contributed by atoms with Crippen LogP contribution in [0.4, 0.5) is 5.69 Å². The van der Waals surface area contributed by atoms with Gasteiger partial charge >= 0.3 is 0 Å². The number of ether oxygens (including phenoxy) is 1. The Morgan fingerprint density at radius 1 is 1.22 bits per heavy atom. The van der Waals surface area contributed by atoms with Crippen molar-refractivity contribution in [3.63, 3.8) is 0 Å². The summed E-state index contributed by atoms with van der Waals surface area (Å²) in [4.78, 5) is 1.90. The Kier molecular flexibility index (Phi) is 3.75. The van der Waals surface area contributed by atoms with Crippen LogP contribution in [0.2, 0.25) is 0 Å². The number of nitrogens with two attached hydrogens (primary N) is 1. The van der Waals surface area contributed by atoms with Crippen LogP contribution in [0.3, 0.4) is 0 Å². The lowest BCUT2D eigenvalue weighted by Gasteiger charge is -2.07. The third-order valence-electron chi connectivity index (χ3n) is 2.41. The first-order valence-electron chi connectivity index (χ1n) is 5.34. The molecule has 0 atom stereocenters. The summed E-state index contributed by atoms with van der Waals surface area (Å²) in [5, 5.41) is 8.88. The van der Waals surface area contributed by atoms with Crippen molar-refractivity contribution in [2.24, 2.45) is 0 Å². The van der Waals surface area contributed by atoms with Gasteiger partial charge in [0.1, 0.15) is 5.75 Å². The molecule has 0 saturated heterocycles. The number of nitrogens with zero attached hydrogens (tertiary/aromatic N) is 1. The molecule has 2 N–H and O–H groups in total. The van der Waals surface area contributed by atoms with Gasteiger partial charge in [-0.1, -0.05) is 17.8 Å². The molecular weight excluding hydrogens is 244 g/mol. The highest BCUT2D eigenvalue weighted by molar-refractivity contribution is 7.99. The largest absolute Gasteiger partial charge is 0.497 e. The van der Waals surface area contributed by atoms with Crippen LogP contribution in [0.1, 0.15) is 5.56 Å². The molecule has 3 nitrogen and oxygen atoms in total. The zero-order valence-corrected chi connectivity index (χ0v) is 10.7. The monoisotopic (exact) mass is 256 g/mol. The highest BCUT2D eigenvalue weighted by atomic mass is 32.2. The van der Waals surface area contributed by atoms with E-state index in [0.29, 0.717) is 11.3 Å². The highest BCUT2D eigenvalue weighted by Crippen LogP contribution is 2.34. The van der Waals surface area contributed by atoms with E-state index in [0.717, 1.165) is 15.5 Å². The molecule has 0 fully saturated rings. The summed E-state index contributed by atoms with van der Waals surface area (Å²) in [6, 6.07) is 15.1. The Balaban J connectivity index is 2.30. The average Bonchev–Trinajstić information content (AvgIpc) is 2.41. The molecule has 0 saturated carbocycles. The predicted molar refractivity (Wildman–Crippen MR) is 72.7 cm³/mol. The zero-order valence-electron chi connectivity index (χ0n) is 9.88. The van der Waals surface area contributed by atoms with E-state index in [9.17, 15) is 0 Å². The fourth-order valence-electron chi connectivity index (χ4n) is 1.48. The van der Waals surface area contributed by atoms with Crippen molar-refractivity contribution >= 4 is 17.4 Å². The first-order valence-corrected chi connectivity index (χ1v) is 6.16. The van der Waals surface area contributed by atoms with Gasteiger partial charge in [0.2, 0.25) is 0 Å². The van der Waals surface area contributed by atoms with E-state index in [1.165, 1.54) is 11.8 Å². The minimum atomic E-state index is 0.606. The third-order valence-corrected chi connectivity index (χ3v) is 3.47. The van der Waals surface area contributed by atoms with Gasteiger partial charge in [-0.25, -0.2) is 0 Å². The molecule has 0 aliphatic rings. The maximum atomic E-state index is 8.88. The fourth-order valence-corrected chi connectivity index (χ4v) is 2.43. The molecule has 18 heavy (non-hydrogen) atoms. The van der Waals surface area contributed by atoms with E-state index in [4.69, 9.17) is 15.7 Å². The van der Waals surface area contributed by atoms with Crippen LogP contribution >= 0.6 is 11.8 Å². The average molecular weight is 256 g/mol. The lowest BCUT2D eigenvalue weighted by molar-refractivity contribution is 0.413. The van der Waals surface area contributed by atoms with Gasteiger partial charge < -0.3 is 10.5 Å². The molecule has 90 valence electrons. The number of rotatable bonds is 3. The fraction of sp³-hybridized carbons (Fsp3) is 0.0714. The van der Waals surface area contributed by atoms with Crippen molar-refractivity contribution < 1.29 is 4.74 Å². The highest BCUT2D eigenvalue weighted by Gasteiger charge is 2.04. The number of benzene rings is 2. The molecule has 0 radical (unpaired) electrons. The van der Waals surface area contributed by atoms with Crippen LogP contribution in [0, 0.1) is 11.3 Å². The minimum Gasteiger partial charge on any atom is -0.497 e. The number of nitrogen functional groups attached to an aromatic ring is 1. The molecule has 0 aliphatic carbocycles. The van der Waals surface area contributed by atoms with Crippen LogP contribution in [-0.2, 0) is 0 Å². The maximum Gasteiger partial charge on any atom is 0.119 e. The lowest BCUT2D eigenvalue weighted by atomic mass is 10.2. The Bertz CT molecular complexity index is 605. The van der Waals surface area contributed by atoms with E-state index in [1.807, 2.05) is 24.3 Å². The van der Waals surface area contributed by atoms with Crippen LogP contribution in [0.25, 0.3) is 0 Å². The SMILES string of the molecule is COc1cccc(Sc2cc(C#N)ccc2N)c1. The van der Waals surface area contributed by atoms with Crippen molar-refractivity contribution in [3.05, 3.63) is 48.0 Å². The first kappa shape index (κ1) is 12.3. The standard InChI is InChI=1S/C14H12N2OS/c1-17-11-3-2-4-12(8-11)18-14-7-10(9-15)5-6-13(14)16/h2-8H,16H2,1H3. The normalized spacial score (nSPS) is 9.78. The number of hydrogen-bond acceptors (Lipinski definition) is 4. The Labute approximate surface area is 110 Å². The van der Waals surface area contributed by atoms with Crippen molar-refractivity contribution in [3.8, 4) is 11.8 Å². The van der Waals surface area contributed by atoms with Gasteiger partial charge in [0.25, 0.3) is 0 Å². The molecule has 0 heterocycles. The van der Waals surface area contributed by atoms with E-state index < -0.39 is 0 Å². The molecule has 0 unspecified atom stereocenters. The first-order chi connectivity index (χ1) is 8.72. The van der Waals surface area contributed by atoms with Gasteiger partial charge in [-0.15, -0.1) is 0 Å². The Morgan fingerprint density at radius 3 is 2.78 bits per heavy atom. The van der Waals surface area contributed by atoms with E-state index in [1.54, 1.807) is 25.3 Å². The summed E-state index contributed by atoms with van der Waals surface area (Å²) in [6.45, 7) is 0. The van der Waals surface area contributed by atoms with Gasteiger partial charge in [0.15, 0.2) is 0 Å². The van der Waals surface area contributed by atoms with Gasteiger partial charge in [-0.05, 0) is 36.4 Å². The quantitative estimate of drug-likeness (QED) is 0.856. The minimum absolute atomic E-state index is 0.606. The molecule has 0 bridgehead atoms. The summed E-state index contributed by atoms with van der Waals surface area (Å²) in [7, 11) is 1.63. The van der Waals surface area contributed by atoms with Gasteiger partial charge in [0, 0.05) is 15.5 Å². The molecule has 0 aromatic heterocycles. The summed E-state index contributed by atoms with van der Waals surface area (Å²) >= 11 is 1.52. The smallest absolute Gasteiger partial charge is 0.119 e. The summed E-state index contributed by atoms with van der Waals surface area (Å²) in [6.07, 6.45) is 0. The third kappa shape index (κ3) is 2.76. The topological polar surface area (TPSA) is 59.0 Å². The van der Waals surface area contributed by atoms with Gasteiger partial charge in [0.05, 0.1) is 18.7 Å². The summed E-state index contributed by atoms with van der Waals surface area (Å²) in [5.41, 5.74) is 7.18. The molecule has 0 aliphatic heterocycles. The Morgan fingerprint density at radius 2 is 2.06 bits per heavy atom. The van der Waals surface area contributed by atoms with E-state index in [2.05, 4.69) is 6.07 Å². The lowest BCUT2D eigenvalue weighted by Crippen LogP contribution is -1.89. The zero-order chi connectivity index (χ0) is 13.0. The second-order valence-electron chi connectivity index (χ2n) is 3.65. The van der Waals surface area contributed by atoms with E-state index in [-0.39, 0.29) is 0 Å². The number of nitriles is 1. The number of methoxy groups -OCH3 is 1. The number of hydrogen-bond donors (Lipinski definition) is 1. The summed E-state index contributed by atoms with van der Waals surface area (Å²) < 4.78 is 5.17. The predicted octanol–water partition coefficient (Wildman–Crippen LogP) is 3.30. The molecule has 0 spiro atoms. The van der Waals surface area contributed by atoms with Crippen molar-refractivity contribution in [1.29, 1.82) is 5.26 Å². The molecule has 0 amide bonds. The second-order valence-corrected chi connectivity index (χ2v) is 4.76. The Hall–Kier alpha value is -2.12.